The van der Waals surface area contributed by atoms with Gasteiger partial charge in [-0.15, -0.1) is 0 Å². The zero-order valence-electron chi connectivity index (χ0n) is 15.0. The van der Waals surface area contributed by atoms with Crippen molar-refractivity contribution in [1.29, 1.82) is 0 Å². The monoisotopic (exact) mass is 451 g/mol. The highest BCUT2D eigenvalue weighted by atomic mass is 79.9. The van der Waals surface area contributed by atoms with Crippen LogP contribution in [0.15, 0.2) is 51.8 Å². The molecule has 1 aliphatic rings. The van der Waals surface area contributed by atoms with E-state index in [0.29, 0.717) is 19.5 Å². The van der Waals surface area contributed by atoms with Crippen LogP contribution in [-0.4, -0.2) is 27.5 Å². The third-order valence-electron chi connectivity index (χ3n) is 4.38. The Balaban J connectivity index is 1.73. The molecule has 0 atom stereocenters. The fourth-order valence-electron chi connectivity index (χ4n) is 2.99. The number of amides is 2. The smallest absolute Gasteiger partial charge is 0.321 e. The Morgan fingerprint density at radius 3 is 2.78 bits per heavy atom. The van der Waals surface area contributed by atoms with E-state index in [2.05, 4.69) is 26.0 Å². The average Bonchev–Trinajstić information content (AvgIpc) is 3.08. The summed E-state index contributed by atoms with van der Waals surface area (Å²) < 4.78 is 28.8. The molecule has 2 N–H and O–H groups in total. The van der Waals surface area contributed by atoms with Crippen LogP contribution in [0.2, 0.25) is 0 Å². The van der Waals surface area contributed by atoms with Crippen molar-refractivity contribution in [2.75, 3.05) is 18.0 Å². The van der Waals surface area contributed by atoms with E-state index < -0.39 is 10.0 Å². The minimum absolute atomic E-state index is 0.140. The first-order chi connectivity index (χ1) is 12.9. The molecule has 0 radical (unpaired) electrons. The second-order valence-electron chi connectivity index (χ2n) is 6.38. The standard InChI is InChI=1S/C19H22BrN3O3S/c1-2-9-21-19(24)23-10-8-15-12-17(6-7-18(15)23)27(25,26)22-13-14-4-3-5-16(20)11-14/h3-7,11-12,22H,2,8-10,13H2,1H3,(H,21,24). The van der Waals surface area contributed by atoms with Crippen LogP contribution < -0.4 is 14.9 Å². The van der Waals surface area contributed by atoms with Crippen molar-refractivity contribution < 1.29 is 13.2 Å². The molecular weight excluding hydrogens is 430 g/mol. The summed E-state index contributed by atoms with van der Waals surface area (Å²) in [5.41, 5.74) is 2.51. The van der Waals surface area contributed by atoms with Crippen molar-refractivity contribution in [2.24, 2.45) is 0 Å². The maximum atomic E-state index is 12.6. The highest BCUT2D eigenvalue weighted by molar-refractivity contribution is 9.10. The molecule has 0 saturated heterocycles. The molecule has 6 nitrogen and oxygen atoms in total. The third-order valence-corrected chi connectivity index (χ3v) is 6.28. The molecule has 0 unspecified atom stereocenters. The zero-order chi connectivity index (χ0) is 19.4. The highest BCUT2D eigenvalue weighted by Crippen LogP contribution is 2.30. The molecule has 0 bridgehead atoms. The molecule has 144 valence electrons. The Bertz CT molecular complexity index is 947. The number of nitrogens with zero attached hydrogens (tertiary/aromatic N) is 1. The van der Waals surface area contributed by atoms with Gasteiger partial charge in [-0.2, -0.15) is 0 Å². The van der Waals surface area contributed by atoms with E-state index in [1.54, 1.807) is 23.1 Å². The molecule has 2 amide bonds. The lowest BCUT2D eigenvalue weighted by Gasteiger charge is -2.18. The molecule has 0 aromatic heterocycles. The first-order valence-corrected chi connectivity index (χ1v) is 11.1. The van der Waals surface area contributed by atoms with Gasteiger partial charge in [-0.1, -0.05) is 35.0 Å². The largest absolute Gasteiger partial charge is 0.338 e. The number of nitrogens with one attached hydrogen (secondary N) is 2. The van der Waals surface area contributed by atoms with Gasteiger partial charge in [0.05, 0.1) is 4.90 Å². The zero-order valence-corrected chi connectivity index (χ0v) is 17.4. The Morgan fingerprint density at radius 2 is 2.04 bits per heavy atom. The number of rotatable bonds is 6. The van der Waals surface area contributed by atoms with Gasteiger partial charge in [0.25, 0.3) is 0 Å². The van der Waals surface area contributed by atoms with Crippen molar-refractivity contribution in [3.8, 4) is 0 Å². The molecule has 2 aromatic carbocycles. The van der Waals surface area contributed by atoms with E-state index in [9.17, 15) is 13.2 Å². The SMILES string of the molecule is CCCNC(=O)N1CCc2cc(S(=O)(=O)NCc3cccc(Br)c3)ccc21. The molecular formula is C19H22BrN3O3S. The number of fused-ring (bicyclic) bond motifs is 1. The molecule has 3 rings (SSSR count). The topological polar surface area (TPSA) is 78.5 Å². The quantitative estimate of drug-likeness (QED) is 0.705. The van der Waals surface area contributed by atoms with E-state index in [0.717, 1.165) is 27.7 Å². The molecule has 1 aliphatic heterocycles. The van der Waals surface area contributed by atoms with Gasteiger partial charge in [-0.05, 0) is 54.3 Å². The van der Waals surface area contributed by atoms with Crippen molar-refractivity contribution >= 4 is 37.7 Å². The molecule has 2 aromatic rings. The molecule has 0 saturated carbocycles. The number of hydrogen-bond donors (Lipinski definition) is 2. The Kier molecular flexibility index (Phi) is 6.18. The number of benzene rings is 2. The number of halogens is 1. The predicted octanol–water partition coefficient (Wildman–Crippen LogP) is 3.41. The van der Waals surface area contributed by atoms with E-state index in [1.807, 2.05) is 31.2 Å². The van der Waals surface area contributed by atoms with Gasteiger partial charge in [0.15, 0.2) is 0 Å². The van der Waals surface area contributed by atoms with Gasteiger partial charge in [-0.25, -0.2) is 17.9 Å². The van der Waals surface area contributed by atoms with Crippen molar-refractivity contribution in [3.05, 3.63) is 58.1 Å². The number of hydrogen-bond acceptors (Lipinski definition) is 3. The molecule has 0 spiro atoms. The van der Waals surface area contributed by atoms with Crippen LogP contribution in [0.4, 0.5) is 10.5 Å². The summed E-state index contributed by atoms with van der Waals surface area (Å²) in [6.07, 6.45) is 1.51. The number of sulfonamides is 1. The Morgan fingerprint density at radius 1 is 1.22 bits per heavy atom. The summed E-state index contributed by atoms with van der Waals surface area (Å²) in [4.78, 5) is 14.1. The lowest BCUT2D eigenvalue weighted by Crippen LogP contribution is -2.39. The van der Waals surface area contributed by atoms with Gasteiger partial charge in [-0.3, -0.25) is 4.90 Å². The first kappa shape index (κ1) is 19.9. The molecule has 1 heterocycles. The van der Waals surface area contributed by atoms with Gasteiger partial charge in [0, 0.05) is 29.8 Å². The number of carbonyl (C=O) groups excluding carboxylic acids is 1. The molecule has 27 heavy (non-hydrogen) atoms. The lowest BCUT2D eigenvalue weighted by molar-refractivity contribution is 0.247. The second-order valence-corrected chi connectivity index (χ2v) is 9.06. The third kappa shape index (κ3) is 4.69. The summed E-state index contributed by atoms with van der Waals surface area (Å²) in [5.74, 6) is 0. The van der Waals surface area contributed by atoms with E-state index in [4.69, 9.17) is 0 Å². The number of urea groups is 1. The highest BCUT2D eigenvalue weighted by Gasteiger charge is 2.26. The first-order valence-electron chi connectivity index (χ1n) is 8.83. The summed E-state index contributed by atoms with van der Waals surface area (Å²) in [5, 5.41) is 2.86. The minimum atomic E-state index is -3.63. The number of anilines is 1. The average molecular weight is 452 g/mol. The van der Waals surface area contributed by atoms with Crippen LogP contribution in [-0.2, 0) is 23.0 Å². The van der Waals surface area contributed by atoms with Gasteiger partial charge < -0.3 is 5.32 Å². The van der Waals surface area contributed by atoms with Crippen LogP contribution >= 0.6 is 15.9 Å². The van der Waals surface area contributed by atoms with Gasteiger partial charge >= 0.3 is 6.03 Å². The molecule has 8 heteroatoms. The summed E-state index contributed by atoms with van der Waals surface area (Å²) in [6.45, 7) is 3.39. The molecule has 0 aliphatic carbocycles. The Hall–Kier alpha value is -1.90. The lowest BCUT2D eigenvalue weighted by atomic mass is 10.2. The normalized spacial score (nSPS) is 13.5. The number of carbonyl (C=O) groups is 1. The van der Waals surface area contributed by atoms with E-state index >= 15 is 0 Å². The van der Waals surface area contributed by atoms with Crippen molar-refractivity contribution in [3.63, 3.8) is 0 Å². The fourth-order valence-corrected chi connectivity index (χ4v) is 4.51. The minimum Gasteiger partial charge on any atom is -0.338 e. The summed E-state index contributed by atoms with van der Waals surface area (Å²) in [7, 11) is -3.63. The van der Waals surface area contributed by atoms with Gasteiger partial charge in [0.2, 0.25) is 10.0 Å². The fraction of sp³-hybridized carbons (Fsp3) is 0.316. The second kappa shape index (κ2) is 8.41. The van der Waals surface area contributed by atoms with Crippen LogP contribution in [0.3, 0.4) is 0 Å². The van der Waals surface area contributed by atoms with Crippen LogP contribution in [0.5, 0.6) is 0 Å². The van der Waals surface area contributed by atoms with Crippen LogP contribution in [0.25, 0.3) is 0 Å². The maximum Gasteiger partial charge on any atom is 0.321 e. The Labute approximate surface area is 168 Å². The maximum absolute atomic E-state index is 12.6. The van der Waals surface area contributed by atoms with Crippen LogP contribution in [0.1, 0.15) is 24.5 Å². The molecule has 0 fully saturated rings. The summed E-state index contributed by atoms with van der Waals surface area (Å²) in [6, 6.07) is 12.3. The predicted molar refractivity (Wildman–Crippen MR) is 109 cm³/mol. The van der Waals surface area contributed by atoms with E-state index in [1.165, 1.54) is 0 Å². The van der Waals surface area contributed by atoms with Crippen molar-refractivity contribution in [2.45, 2.75) is 31.2 Å². The van der Waals surface area contributed by atoms with Gasteiger partial charge in [0.1, 0.15) is 0 Å². The van der Waals surface area contributed by atoms with E-state index in [-0.39, 0.29) is 17.5 Å². The van der Waals surface area contributed by atoms with Crippen molar-refractivity contribution in [1.82, 2.24) is 10.0 Å². The van der Waals surface area contributed by atoms with Crippen LogP contribution in [0, 0.1) is 0 Å². The summed E-state index contributed by atoms with van der Waals surface area (Å²) >= 11 is 3.38.